The topological polar surface area (TPSA) is 34.9 Å². The normalized spacial score (nSPS) is 14.3. The van der Waals surface area contributed by atoms with E-state index in [1.807, 2.05) is 31.5 Å². The highest BCUT2D eigenvalue weighted by atomic mass is 16.1. The molecule has 92 valence electrons. The average Bonchev–Trinajstić information content (AvgIpc) is 2.82. The summed E-state index contributed by atoms with van der Waals surface area (Å²) in [7, 11) is 0. The van der Waals surface area contributed by atoms with Crippen molar-refractivity contribution in [1.29, 1.82) is 0 Å². The molecule has 3 rings (SSSR count). The van der Waals surface area contributed by atoms with Gasteiger partial charge in [-0.25, -0.2) is 4.98 Å². The molecule has 0 saturated heterocycles. The van der Waals surface area contributed by atoms with E-state index in [9.17, 15) is 4.79 Å². The molecule has 0 fully saturated rings. The Morgan fingerprint density at radius 3 is 2.89 bits per heavy atom. The molecule has 3 nitrogen and oxygen atoms in total. The van der Waals surface area contributed by atoms with Crippen LogP contribution in [0, 0.1) is 6.92 Å². The van der Waals surface area contributed by atoms with Crippen molar-refractivity contribution in [3.63, 3.8) is 0 Å². The van der Waals surface area contributed by atoms with Gasteiger partial charge in [0.05, 0.1) is 12.0 Å². The van der Waals surface area contributed by atoms with E-state index in [-0.39, 0.29) is 0 Å². The average molecular weight is 240 g/mol. The smallest absolute Gasteiger partial charge is 0.150 e. The zero-order valence-corrected chi connectivity index (χ0v) is 10.5. The number of benzene rings is 1. The van der Waals surface area contributed by atoms with Crippen LogP contribution in [0.3, 0.4) is 0 Å². The minimum atomic E-state index is 0.727. The maximum absolute atomic E-state index is 10.8. The van der Waals surface area contributed by atoms with Crippen molar-refractivity contribution in [2.24, 2.45) is 0 Å². The quantitative estimate of drug-likeness (QED) is 0.756. The number of nitrogens with zero attached hydrogens (tertiary/aromatic N) is 2. The van der Waals surface area contributed by atoms with Crippen molar-refractivity contribution >= 4 is 6.29 Å². The summed E-state index contributed by atoms with van der Waals surface area (Å²) in [4.78, 5) is 15.3. The summed E-state index contributed by atoms with van der Waals surface area (Å²) < 4.78 is 2.18. The van der Waals surface area contributed by atoms with Gasteiger partial charge in [0.15, 0.2) is 0 Å². The predicted molar refractivity (Wildman–Crippen MR) is 70.3 cm³/mol. The molecule has 0 saturated carbocycles. The van der Waals surface area contributed by atoms with Gasteiger partial charge in [0.25, 0.3) is 0 Å². The van der Waals surface area contributed by atoms with Gasteiger partial charge in [-0.1, -0.05) is 0 Å². The number of hydrogen-bond donors (Lipinski definition) is 0. The second-order valence-electron chi connectivity index (χ2n) is 4.88. The minimum Gasteiger partial charge on any atom is -0.303 e. The highest BCUT2D eigenvalue weighted by Gasteiger charge is 2.16. The van der Waals surface area contributed by atoms with Crippen molar-refractivity contribution < 1.29 is 4.79 Å². The molecule has 0 amide bonds. The summed E-state index contributed by atoms with van der Waals surface area (Å²) in [6.07, 6.45) is 7.48. The summed E-state index contributed by atoms with van der Waals surface area (Å²) in [6.45, 7) is 2.04. The molecule has 3 heteroatoms. The summed E-state index contributed by atoms with van der Waals surface area (Å²) in [5.41, 5.74) is 5.55. The molecule has 1 heterocycles. The van der Waals surface area contributed by atoms with Crippen LogP contribution in [0.1, 0.15) is 40.2 Å². The fraction of sp³-hybridized carbons (Fsp3) is 0.333. The van der Waals surface area contributed by atoms with Crippen molar-refractivity contribution in [3.8, 4) is 5.69 Å². The van der Waals surface area contributed by atoms with Crippen molar-refractivity contribution in [3.05, 3.63) is 47.0 Å². The summed E-state index contributed by atoms with van der Waals surface area (Å²) in [5.74, 6) is 0. The molecule has 1 aliphatic carbocycles. The SMILES string of the molecule is Cc1cc(C=O)ccc1-n1cnc2c1CCCC2. The van der Waals surface area contributed by atoms with Crippen LogP contribution in [-0.2, 0) is 12.8 Å². The number of aldehydes is 1. The van der Waals surface area contributed by atoms with Crippen LogP contribution in [0.25, 0.3) is 5.69 Å². The first-order chi connectivity index (χ1) is 8.79. The lowest BCUT2D eigenvalue weighted by molar-refractivity contribution is 0.112. The van der Waals surface area contributed by atoms with Crippen molar-refractivity contribution in [2.75, 3.05) is 0 Å². The van der Waals surface area contributed by atoms with Gasteiger partial charge in [0, 0.05) is 16.9 Å². The molecule has 0 N–H and O–H groups in total. The van der Waals surface area contributed by atoms with E-state index in [0.29, 0.717) is 0 Å². The molecule has 18 heavy (non-hydrogen) atoms. The first-order valence-electron chi connectivity index (χ1n) is 6.41. The largest absolute Gasteiger partial charge is 0.303 e. The van der Waals surface area contributed by atoms with E-state index in [1.165, 1.54) is 24.2 Å². The Bertz CT molecular complexity index is 599. The number of imidazole rings is 1. The lowest BCUT2D eigenvalue weighted by Crippen LogP contribution is -2.07. The lowest BCUT2D eigenvalue weighted by atomic mass is 10.0. The third-order valence-corrected chi connectivity index (χ3v) is 3.65. The summed E-state index contributed by atoms with van der Waals surface area (Å²) in [6, 6.07) is 5.80. The molecule has 0 atom stereocenters. The molecule has 1 aromatic carbocycles. The van der Waals surface area contributed by atoms with Gasteiger partial charge in [-0.15, -0.1) is 0 Å². The predicted octanol–water partition coefficient (Wildman–Crippen LogP) is 2.87. The Morgan fingerprint density at radius 2 is 2.11 bits per heavy atom. The molecule has 0 spiro atoms. The second kappa shape index (κ2) is 4.41. The number of carbonyl (C=O) groups excluding carboxylic acids is 1. The standard InChI is InChI=1S/C15H16N2O/c1-11-8-12(9-18)6-7-14(11)17-10-16-13-4-2-3-5-15(13)17/h6-10H,2-5H2,1H3. The molecular weight excluding hydrogens is 224 g/mol. The Morgan fingerprint density at radius 1 is 1.28 bits per heavy atom. The van der Waals surface area contributed by atoms with Gasteiger partial charge >= 0.3 is 0 Å². The molecule has 0 bridgehead atoms. The highest BCUT2D eigenvalue weighted by molar-refractivity contribution is 5.76. The zero-order chi connectivity index (χ0) is 12.5. The number of rotatable bonds is 2. The Balaban J connectivity index is 2.09. The number of fused-ring (bicyclic) bond motifs is 1. The first-order valence-corrected chi connectivity index (χ1v) is 6.41. The number of carbonyl (C=O) groups is 1. The van der Waals surface area contributed by atoms with Crippen molar-refractivity contribution in [1.82, 2.24) is 9.55 Å². The van der Waals surface area contributed by atoms with E-state index in [2.05, 4.69) is 9.55 Å². The first kappa shape index (κ1) is 11.2. The van der Waals surface area contributed by atoms with Gasteiger partial charge in [-0.05, 0) is 56.4 Å². The van der Waals surface area contributed by atoms with Gasteiger partial charge in [0.2, 0.25) is 0 Å². The van der Waals surface area contributed by atoms with E-state index < -0.39 is 0 Å². The van der Waals surface area contributed by atoms with Gasteiger partial charge < -0.3 is 4.57 Å². The fourth-order valence-corrected chi connectivity index (χ4v) is 2.70. The number of aromatic nitrogens is 2. The highest BCUT2D eigenvalue weighted by Crippen LogP contribution is 2.24. The van der Waals surface area contributed by atoms with Crippen LogP contribution in [0.4, 0.5) is 0 Å². The Kier molecular flexibility index (Phi) is 2.74. The van der Waals surface area contributed by atoms with Gasteiger partial charge in [-0.2, -0.15) is 0 Å². The molecular formula is C15H16N2O. The van der Waals surface area contributed by atoms with E-state index in [0.717, 1.165) is 35.9 Å². The Hall–Kier alpha value is -1.90. The van der Waals surface area contributed by atoms with Crippen LogP contribution in [-0.4, -0.2) is 15.8 Å². The van der Waals surface area contributed by atoms with Crippen LogP contribution in [0.15, 0.2) is 24.5 Å². The summed E-state index contributed by atoms with van der Waals surface area (Å²) >= 11 is 0. The number of aryl methyl sites for hydroxylation is 2. The zero-order valence-electron chi connectivity index (χ0n) is 10.5. The number of hydrogen-bond acceptors (Lipinski definition) is 2. The maximum atomic E-state index is 10.8. The lowest BCUT2D eigenvalue weighted by Gasteiger charge is -2.15. The monoisotopic (exact) mass is 240 g/mol. The second-order valence-corrected chi connectivity index (χ2v) is 4.88. The molecule has 0 radical (unpaired) electrons. The summed E-state index contributed by atoms with van der Waals surface area (Å²) in [5, 5.41) is 0. The van der Waals surface area contributed by atoms with E-state index in [1.54, 1.807) is 0 Å². The maximum Gasteiger partial charge on any atom is 0.150 e. The minimum absolute atomic E-state index is 0.727. The molecule has 0 aliphatic heterocycles. The molecule has 0 unspecified atom stereocenters. The van der Waals surface area contributed by atoms with Crippen LogP contribution < -0.4 is 0 Å². The molecule has 2 aromatic rings. The van der Waals surface area contributed by atoms with Crippen molar-refractivity contribution in [2.45, 2.75) is 32.6 Å². The fourth-order valence-electron chi connectivity index (χ4n) is 2.70. The van der Waals surface area contributed by atoms with Crippen LogP contribution in [0.5, 0.6) is 0 Å². The molecule has 1 aliphatic rings. The van der Waals surface area contributed by atoms with E-state index in [4.69, 9.17) is 0 Å². The van der Waals surface area contributed by atoms with Gasteiger partial charge in [0.1, 0.15) is 6.29 Å². The van der Waals surface area contributed by atoms with Crippen LogP contribution >= 0.6 is 0 Å². The Labute approximate surface area is 106 Å². The molecule has 1 aromatic heterocycles. The van der Waals surface area contributed by atoms with Crippen LogP contribution in [0.2, 0.25) is 0 Å². The van der Waals surface area contributed by atoms with E-state index >= 15 is 0 Å². The third-order valence-electron chi connectivity index (χ3n) is 3.65. The third kappa shape index (κ3) is 1.76. The van der Waals surface area contributed by atoms with Gasteiger partial charge in [-0.3, -0.25) is 4.79 Å².